The second-order valence-corrected chi connectivity index (χ2v) is 6.80. The molecule has 1 saturated carbocycles. The lowest BCUT2D eigenvalue weighted by Crippen LogP contribution is -2.34. The van der Waals surface area contributed by atoms with E-state index in [1.807, 2.05) is 30.3 Å². The minimum atomic E-state index is -0.947. The van der Waals surface area contributed by atoms with E-state index >= 15 is 0 Å². The molecule has 0 radical (unpaired) electrons. The molecule has 0 bridgehead atoms. The molecule has 1 aliphatic rings. The highest BCUT2D eigenvalue weighted by atomic mass is 16.5. The van der Waals surface area contributed by atoms with Crippen LogP contribution in [0.15, 0.2) is 30.3 Å². The Morgan fingerprint density at radius 2 is 1.77 bits per heavy atom. The molecule has 142 valence electrons. The van der Waals surface area contributed by atoms with Crippen molar-refractivity contribution in [2.75, 3.05) is 6.61 Å². The maximum Gasteiger partial charge on any atom is 0.309 e. The van der Waals surface area contributed by atoms with Gasteiger partial charge in [0.15, 0.2) is 0 Å². The van der Waals surface area contributed by atoms with Gasteiger partial charge in [0, 0.05) is 0 Å². The molecule has 1 aromatic rings. The van der Waals surface area contributed by atoms with Crippen LogP contribution >= 0.6 is 0 Å². The maximum absolute atomic E-state index is 12.3. The molecule has 1 fully saturated rings. The molecule has 1 aromatic carbocycles. The van der Waals surface area contributed by atoms with E-state index in [4.69, 9.17) is 9.47 Å². The number of hydrogen-bond donors (Lipinski definition) is 1. The van der Waals surface area contributed by atoms with Gasteiger partial charge in [0.25, 0.3) is 0 Å². The van der Waals surface area contributed by atoms with Crippen molar-refractivity contribution in [2.45, 2.75) is 52.1 Å². The van der Waals surface area contributed by atoms with Crippen molar-refractivity contribution in [3.8, 4) is 0 Å². The van der Waals surface area contributed by atoms with Crippen molar-refractivity contribution in [1.82, 2.24) is 0 Å². The number of esters is 2. The molecule has 0 aromatic heterocycles. The standard InChI is InChI=1S/C20H26O6/c1-2-25-18(22)16(13-20(19(23)24)10-6-7-11-20)12-17(21)26-14-15-8-4-3-5-9-15/h3-5,8-9,16H,2,6-7,10-14H2,1H3,(H,23,24). The molecule has 0 aliphatic heterocycles. The van der Waals surface area contributed by atoms with Gasteiger partial charge in [-0.25, -0.2) is 0 Å². The van der Waals surface area contributed by atoms with Crippen molar-refractivity contribution in [1.29, 1.82) is 0 Å². The van der Waals surface area contributed by atoms with Crippen molar-refractivity contribution in [2.24, 2.45) is 11.3 Å². The molecule has 26 heavy (non-hydrogen) atoms. The number of benzene rings is 1. The minimum absolute atomic E-state index is 0.113. The summed E-state index contributed by atoms with van der Waals surface area (Å²) in [6.07, 6.45) is 2.64. The smallest absolute Gasteiger partial charge is 0.309 e. The molecular formula is C20H26O6. The number of carboxylic acids is 1. The fraction of sp³-hybridized carbons (Fsp3) is 0.550. The van der Waals surface area contributed by atoms with Crippen molar-refractivity contribution >= 4 is 17.9 Å². The summed E-state index contributed by atoms with van der Waals surface area (Å²) in [5.41, 5.74) is -0.0942. The van der Waals surface area contributed by atoms with Gasteiger partial charge in [0.2, 0.25) is 0 Å². The molecule has 2 rings (SSSR count). The lowest BCUT2D eigenvalue weighted by molar-refractivity contribution is -0.160. The summed E-state index contributed by atoms with van der Waals surface area (Å²) in [6.45, 7) is 2.00. The number of hydrogen-bond acceptors (Lipinski definition) is 5. The van der Waals surface area contributed by atoms with Gasteiger partial charge in [-0.1, -0.05) is 43.2 Å². The van der Waals surface area contributed by atoms with Crippen LogP contribution in [0.25, 0.3) is 0 Å². The van der Waals surface area contributed by atoms with Gasteiger partial charge >= 0.3 is 17.9 Å². The van der Waals surface area contributed by atoms with E-state index < -0.39 is 29.2 Å². The highest BCUT2D eigenvalue weighted by Gasteiger charge is 2.45. The molecule has 6 nitrogen and oxygen atoms in total. The molecule has 0 amide bonds. The molecular weight excluding hydrogens is 336 g/mol. The number of carbonyl (C=O) groups excluding carboxylic acids is 2. The normalized spacial score (nSPS) is 16.7. The third kappa shape index (κ3) is 5.31. The van der Waals surface area contributed by atoms with Crippen LogP contribution < -0.4 is 0 Å². The van der Waals surface area contributed by atoms with Gasteiger partial charge in [0.1, 0.15) is 6.61 Å². The molecule has 0 spiro atoms. The van der Waals surface area contributed by atoms with Crippen LogP contribution in [0, 0.1) is 11.3 Å². The fourth-order valence-corrected chi connectivity index (χ4v) is 3.53. The lowest BCUT2D eigenvalue weighted by atomic mass is 9.77. The van der Waals surface area contributed by atoms with Crippen LogP contribution in [-0.4, -0.2) is 29.6 Å². The predicted molar refractivity (Wildman–Crippen MR) is 94.1 cm³/mol. The zero-order valence-electron chi connectivity index (χ0n) is 15.1. The summed E-state index contributed by atoms with van der Waals surface area (Å²) in [7, 11) is 0. The van der Waals surface area contributed by atoms with Crippen LogP contribution in [0.4, 0.5) is 0 Å². The molecule has 1 unspecified atom stereocenters. The third-order valence-corrected chi connectivity index (χ3v) is 4.93. The molecule has 1 aliphatic carbocycles. The Balaban J connectivity index is 2.01. The first-order chi connectivity index (χ1) is 12.5. The Morgan fingerprint density at radius 1 is 1.12 bits per heavy atom. The van der Waals surface area contributed by atoms with Crippen molar-refractivity contribution < 1.29 is 29.0 Å². The van der Waals surface area contributed by atoms with E-state index in [9.17, 15) is 19.5 Å². The SMILES string of the molecule is CCOC(=O)C(CC(=O)OCc1ccccc1)CC1(C(=O)O)CCCC1. The van der Waals surface area contributed by atoms with E-state index in [0.717, 1.165) is 18.4 Å². The summed E-state index contributed by atoms with van der Waals surface area (Å²) in [4.78, 5) is 36.3. The van der Waals surface area contributed by atoms with Crippen LogP contribution in [0.2, 0.25) is 0 Å². The number of ether oxygens (including phenoxy) is 2. The maximum atomic E-state index is 12.3. The first kappa shape index (κ1) is 19.9. The van der Waals surface area contributed by atoms with Crippen LogP contribution in [0.5, 0.6) is 0 Å². The molecule has 1 atom stereocenters. The van der Waals surface area contributed by atoms with Crippen molar-refractivity contribution in [3.05, 3.63) is 35.9 Å². The summed E-state index contributed by atoms with van der Waals surface area (Å²) < 4.78 is 10.3. The summed E-state index contributed by atoms with van der Waals surface area (Å²) in [5.74, 6) is -2.75. The van der Waals surface area contributed by atoms with Gasteiger partial charge in [-0.15, -0.1) is 0 Å². The Labute approximate surface area is 153 Å². The highest BCUT2D eigenvalue weighted by molar-refractivity contribution is 5.82. The van der Waals surface area contributed by atoms with Crippen LogP contribution in [0.1, 0.15) is 51.0 Å². The van der Waals surface area contributed by atoms with Gasteiger partial charge in [-0.3, -0.25) is 14.4 Å². The number of carbonyl (C=O) groups is 3. The second-order valence-electron chi connectivity index (χ2n) is 6.80. The van der Waals surface area contributed by atoms with Gasteiger partial charge in [0.05, 0.1) is 24.4 Å². The van der Waals surface area contributed by atoms with Crippen LogP contribution in [-0.2, 0) is 30.5 Å². The Kier molecular flexibility index (Phi) is 7.18. The fourth-order valence-electron chi connectivity index (χ4n) is 3.53. The highest BCUT2D eigenvalue weighted by Crippen LogP contribution is 2.44. The summed E-state index contributed by atoms with van der Waals surface area (Å²) in [6, 6.07) is 9.25. The Hall–Kier alpha value is -2.37. The molecule has 6 heteroatoms. The summed E-state index contributed by atoms with van der Waals surface area (Å²) >= 11 is 0. The summed E-state index contributed by atoms with van der Waals surface area (Å²) in [5, 5.41) is 9.64. The van der Waals surface area contributed by atoms with E-state index in [1.165, 1.54) is 0 Å². The Morgan fingerprint density at radius 3 is 2.35 bits per heavy atom. The largest absolute Gasteiger partial charge is 0.481 e. The van der Waals surface area contributed by atoms with E-state index in [-0.39, 0.29) is 26.1 Å². The number of rotatable bonds is 9. The quantitative estimate of drug-likeness (QED) is 0.678. The minimum Gasteiger partial charge on any atom is -0.481 e. The topological polar surface area (TPSA) is 89.9 Å². The van der Waals surface area contributed by atoms with Gasteiger partial charge < -0.3 is 14.6 Å². The zero-order chi connectivity index (χ0) is 19.0. The van der Waals surface area contributed by atoms with E-state index in [1.54, 1.807) is 6.92 Å². The van der Waals surface area contributed by atoms with Gasteiger partial charge in [-0.2, -0.15) is 0 Å². The van der Waals surface area contributed by atoms with E-state index in [0.29, 0.717) is 12.8 Å². The average molecular weight is 362 g/mol. The zero-order valence-corrected chi connectivity index (χ0v) is 15.1. The third-order valence-electron chi connectivity index (χ3n) is 4.93. The molecule has 1 N–H and O–H groups in total. The first-order valence-corrected chi connectivity index (χ1v) is 9.06. The number of carboxylic acid groups (broad SMARTS) is 1. The molecule has 0 saturated heterocycles. The first-order valence-electron chi connectivity index (χ1n) is 9.06. The van der Waals surface area contributed by atoms with Gasteiger partial charge in [-0.05, 0) is 31.7 Å². The molecule has 0 heterocycles. The monoisotopic (exact) mass is 362 g/mol. The lowest BCUT2D eigenvalue weighted by Gasteiger charge is -2.27. The van der Waals surface area contributed by atoms with Crippen LogP contribution in [0.3, 0.4) is 0 Å². The van der Waals surface area contributed by atoms with Crippen molar-refractivity contribution in [3.63, 3.8) is 0 Å². The predicted octanol–water partition coefficient (Wildman–Crippen LogP) is 3.33. The van der Waals surface area contributed by atoms with E-state index in [2.05, 4.69) is 0 Å². The number of aliphatic carboxylic acids is 1. The second kappa shape index (κ2) is 9.36. The Bertz CT molecular complexity index is 618. The average Bonchev–Trinajstić information content (AvgIpc) is 3.10.